The molecule has 0 amide bonds. The van der Waals surface area contributed by atoms with Crippen LogP contribution in [0.3, 0.4) is 0 Å². The molecule has 0 unspecified atom stereocenters. The summed E-state index contributed by atoms with van der Waals surface area (Å²) in [6.07, 6.45) is 3.41. The third kappa shape index (κ3) is 3.84. The molecule has 2 nitrogen and oxygen atoms in total. The van der Waals surface area contributed by atoms with Gasteiger partial charge in [0.15, 0.2) is 0 Å². The highest BCUT2D eigenvalue weighted by atomic mass is 79.9. The molecule has 0 aliphatic carbocycles. The maximum atomic E-state index is 9.20. The van der Waals surface area contributed by atoms with Crippen LogP contribution in [0.5, 0.6) is 0 Å². The summed E-state index contributed by atoms with van der Waals surface area (Å²) < 4.78 is 1.06. The molecular formula is C12H6BrCl3N2S. The molecule has 1 aromatic heterocycles. The summed E-state index contributed by atoms with van der Waals surface area (Å²) in [6.45, 7) is 0. The number of benzene rings is 1. The first-order valence-electron chi connectivity index (χ1n) is 5.04. The third-order valence-electron chi connectivity index (χ3n) is 2.30. The van der Waals surface area contributed by atoms with Crippen LogP contribution in [0.1, 0.15) is 5.56 Å². The zero-order chi connectivity index (χ0) is 14.0. The van der Waals surface area contributed by atoms with Gasteiger partial charge in [-0.2, -0.15) is 5.26 Å². The summed E-state index contributed by atoms with van der Waals surface area (Å²) >= 11 is 21.7. The Morgan fingerprint density at radius 2 is 1.84 bits per heavy atom. The zero-order valence-corrected chi connectivity index (χ0v) is 13.9. The highest BCUT2D eigenvalue weighted by molar-refractivity contribution is 9.10. The quantitative estimate of drug-likeness (QED) is 0.617. The molecule has 0 spiro atoms. The summed E-state index contributed by atoms with van der Waals surface area (Å²) in [7, 11) is 0. The fraction of sp³-hybridized carbons (Fsp3) is 0.0833. The predicted molar refractivity (Wildman–Crippen MR) is 85.6 cm³/mol. The first-order valence-corrected chi connectivity index (χ1v) is 7.74. The van der Waals surface area contributed by atoms with Gasteiger partial charge in [0.25, 0.3) is 3.12 Å². The molecule has 0 saturated carbocycles. The summed E-state index contributed by atoms with van der Waals surface area (Å²) in [5.74, 6) is 0. The molecule has 0 atom stereocenters. The Kier molecular flexibility index (Phi) is 4.75. The zero-order valence-electron chi connectivity index (χ0n) is 9.28. The molecule has 0 aliphatic heterocycles. The third-order valence-corrected chi connectivity index (χ3v) is 4.24. The number of nitrogens with zero attached hydrogens (tertiary/aromatic N) is 2. The number of halogens is 4. The van der Waals surface area contributed by atoms with Crippen LogP contribution in [0.4, 0.5) is 0 Å². The number of hydrogen-bond acceptors (Lipinski definition) is 2. The average Bonchev–Trinajstić information content (AvgIpc) is 2.70. The second-order valence-electron chi connectivity index (χ2n) is 3.57. The SMILES string of the molecule is N#Cc1cn(SC(Cl)(Cl)Cl)cc1-c1ccccc1Br. The summed E-state index contributed by atoms with van der Waals surface area (Å²) in [6, 6.07) is 9.79. The minimum Gasteiger partial charge on any atom is -0.294 e. The van der Waals surface area contributed by atoms with Gasteiger partial charge in [-0.25, -0.2) is 0 Å². The van der Waals surface area contributed by atoms with Gasteiger partial charge in [-0.15, -0.1) is 0 Å². The smallest absolute Gasteiger partial charge is 0.256 e. The molecule has 1 heterocycles. The van der Waals surface area contributed by atoms with Gasteiger partial charge in [0.2, 0.25) is 0 Å². The van der Waals surface area contributed by atoms with E-state index in [4.69, 9.17) is 34.8 Å². The molecule has 98 valence electrons. The fourth-order valence-corrected chi connectivity index (χ4v) is 3.36. The van der Waals surface area contributed by atoms with E-state index < -0.39 is 3.12 Å². The van der Waals surface area contributed by atoms with E-state index in [-0.39, 0.29) is 0 Å². The van der Waals surface area contributed by atoms with Gasteiger partial charge in [-0.1, -0.05) is 68.9 Å². The Morgan fingerprint density at radius 3 is 2.42 bits per heavy atom. The fourth-order valence-electron chi connectivity index (χ4n) is 1.59. The molecule has 0 bridgehead atoms. The van der Waals surface area contributed by atoms with Crippen LogP contribution in [0.25, 0.3) is 11.1 Å². The van der Waals surface area contributed by atoms with Gasteiger partial charge >= 0.3 is 0 Å². The van der Waals surface area contributed by atoms with E-state index >= 15 is 0 Å². The van der Waals surface area contributed by atoms with Gasteiger partial charge < -0.3 is 0 Å². The maximum absolute atomic E-state index is 9.20. The topological polar surface area (TPSA) is 28.7 Å². The number of hydrogen-bond donors (Lipinski definition) is 0. The normalized spacial score (nSPS) is 11.3. The van der Waals surface area contributed by atoms with Crippen LogP contribution < -0.4 is 0 Å². The molecule has 0 radical (unpaired) electrons. The van der Waals surface area contributed by atoms with E-state index in [1.165, 1.54) is 0 Å². The van der Waals surface area contributed by atoms with Crippen molar-refractivity contribution in [3.05, 3.63) is 46.7 Å². The lowest BCUT2D eigenvalue weighted by Gasteiger charge is -2.09. The van der Waals surface area contributed by atoms with Crippen molar-refractivity contribution in [1.82, 2.24) is 3.97 Å². The van der Waals surface area contributed by atoms with Crippen molar-refractivity contribution in [3.63, 3.8) is 0 Å². The van der Waals surface area contributed by atoms with E-state index in [1.54, 1.807) is 16.4 Å². The molecule has 0 aliphatic rings. The summed E-state index contributed by atoms with van der Waals surface area (Å²) in [5, 5.41) is 9.20. The van der Waals surface area contributed by atoms with Crippen molar-refractivity contribution in [2.24, 2.45) is 0 Å². The van der Waals surface area contributed by atoms with Crippen LogP contribution in [0.2, 0.25) is 0 Å². The number of nitriles is 1. The Morgan fingerprint density at radius 1 is 1.16 bits per heavy atom. The van der Waals surface area contributed by atoms with Crippen LogP contribution in [-0.4, -0.2) is 7.10 Å². The minimum absolute atomic E-state index is 0.522. The summed E-state index contributed by atoms with van der Waals surface area (Å²) in [4.78, 5) is 0. The lowest BCUT2D eigenvalue weighted by atomic mass is 10.1. The molecule has 0 saturated heterocycles. The molecular weight excluding hydrogens is 390 g/mol. The second kappa shape index (κ2) is 5.99. The van der Waals surface area contributed by atoms with Crippen LogP contribution in [0.15, 0.2) is 41.1 Å². The van der Waals surface area contributed by atoms with Crippen molar-refractivity contribution in [3.8, 4) is 17.2 Å². The van der Waals surface area contributed by atoms with Gasteiger partial charge in [0.1, 0.15) is 6.07 Å². The highest BCUT2D eigenvalue weighted by Gasteiger charge is 2.23. The van der Waals surface area contributed by atoms with Crippen molar-refractivity contribution in [2.75, 3.05) is 0 Å². The largest absolute Gasteiger partial charge is 0.294 e. The Hall–Kier alpha value is -0.310. The number of aromatic nitrogens is 1. The lowest BCUT2D eigenvalue weighted by Crippen LogP contribution is -1.97. The molecule has 19 heavy (non-hydrogen) atoms. The average molecular weight is 397 g/mol. The Bertz CT molecular complexity index is 643. The second-order valence-corrected chi connectivity index (χ2v) is 8.60. The Labute approximate surface area is 138 Å². The van der Waals surface area contributed by atoms with E-state index in [0.29, 0.717) is 5.56 Å². The van der Waals surface area contributed by atoms with E-state index in [1.807, 2.05) is 24.3 Å². The van der Waals surface area contributed by atoms with Gasteiger partial charge in [0.05, 0.1) is 5.56 Å². The molecule has 0 fully saturated rings. The Balaban J connectivity index is 2.47. The standard InChI is InChI=1S/C12H6BrCl3N2S/c13-11-4-2-1-3-9(11)10-7-18(6-8(10)5-17)19-12(14,15)16/h1-4,6-7H. The monoisotopic (exact) mass is 394 g/mol. The van der Waals surface area contributed by atoms with Crippen molar-refractivity contribution in [1.29, 1.82) is 5.26 Å². The minimum atomic E-state index is -1.48. The van der Waals surface area contributed by atoms with Gasteiger partial charge in [-0.3, -0.25) is 3.97 Å². The van der Waals surface area contributed by atoms with E-state index in [2.05, 4.69) is 22.0 Å². The molecule has 7 heteroatoms. The van der Waals surface area contributed by atoms with Crippen molar-refractivity contribution < 1.29 is 0 Å². The maximum Gasteiger partial charge on any atom is 0.256 e. The van der Waals surface area contributed by atoms with Crippen LogP contribution >= 0.6 is 62.7 Å². The first-order chi connectivity index (χ1) is 8.90. The van der Waals surface area contributed by atoms with E-state index in [0.717, 1.165) is 27.5 Å². The summed E-state index contributed by atoms with van der Waals surface area (Å²) in [5.41, 5.74) is 2.23. The van der Waals surface area contributed by atoms with E-state index in [9.17, 15) is 5.26 Å². The molecule has 0 N–H and O–H groups in total. The van der Waals surface area contributed by atoms with Crippen molar-refractivity contribution >= 4 is 62.7 Å². The molecule has 2 rings (SSSR count). The lowest BCUT2D eigenvalue weighted by molar-refractivity contribution is 1.27. The first kappa shape index (κ1) is 15.1. The highest BCUT2D eigenvalue weighted by Crippen LogP contribution is 2.41. The van der Waals surface area contributed by atoms with Crippen molar-refractivity contribution in [2.45, 2.75) is 3.12 Å². The molecule has 2 aromatic rings. The van der Waals surface area contributed by atoms with Crippen LogP contribution in [0, 0.1) is 11.3 Å². The number of rotatable bonds is 2. The van der Waals surface area contributed by atoms with Gasteiger partial charge in [0, 0.05) is 34.4 Å². The predicted octanol–water partition coefficient (Wildman–Crippen LogP) is 5.61. The number of alkyl halides is 3. The van der Waals surface area contributed by atoms with Crippen LogP contribution in [-0.2, 0) is 0 Å². The van der Waals surface area contributed by atoms with Gasteiger partial charge in [-0.05, 0) is 11.6 Å². The molecule has 1 aromatic carbocycles.